The molecule has 1 heterocycles. The molecule has 1 unspecified atom stereocenters. The van der Waals surface area contributed by atoms with Crippen molar-refractivity contribution in [2.75, 3.05) is 6.61 Å². The van der Waals surface area contributed by atoms with Crippen LogP contribution < -0.4 is 4.74 Å². The van der Waals surface area contributed by atoms with Crippen molar-refractivity contribution in [3.8, 4) is 28.3 Å². The zero-order valence-corrected chi connectivity index (χ0v) is 19.4. The van der Waals surface area contributed by atoms with E-state index in [9.17, 15) is 4.79 Å². The first-order valence-electron chi connectivity index (χ1n) is 11.9. The van der Waals surface area contributed by atoms with Crippen molar-refractivity contribution in [2.45, 2.75) is 25.7 Å². The molecule has 0 saturated carbocycles. The summed E-state index contributed by atoms with van der Waals surface area (Å²) in [5.74, 6) is 1.34. The van der Waals surface area contributed by atoms with Crippen LogP contribution in [0.25, 0.3) is 28.2 Å². The minimum atomic E-state index is -0.984. The summed E-state index contributed by atoms with van der Waals surface area (Å²) in [5, 5.41) is 8.80. The molecule has 176 valence electrons. The average Bonchev–Trinajstić information content (AvgIpc) is 3.35. The highest BCUT2D eigenvalue weighted by Gasteiger charge is 2.26. The Balaban J connectivity index is 1.44. The summed E-state index contributed by atoms with van der Waals surface area (Å²) in [6.45, 7) is -0.341. The topological polar surface area (TPSA) is 72.6 Å². The van der Waals surface area contributed by atoms with Gasteiger partial charge in [-0.1, -0.05) is 78.9 Å². The lowest BCUT2D eigenvalue weighted by Gasteiger charge is -2.22. The van der Waals surface area contributed by atoms with Crippen molar-refractivity contribution in [1.82, 2.24) is 4.98 Å². The minimum Gasteiger partial charge on any atom is -0.482 e. The number of carbonyl (C=O) groups is 1. The van der Waals surface area contributed by atoms with Crippen molar-refractivity contribution in [3.05, 3.63) is 102 Å². The predicted molar refractivity (Wildman–Crippen MR) is 136 cm³/mol. The fraction of sp³-hybridized carbons (Fsp3) is 0.200. The van der Waals surface area contributed by atoms with Gasteiger partial charge in [0.25, 0.3) is 0 Å². The van der Waals surface area contributed by atoms with Gasteiger partial charge in [0.2, 0.25) is 5.89 Å². The Kier molecular flexibility index (Phi) is 6.75. The molecule has 0 radical (unpaired) electrons. The Labute approximate surface area is 204 Å². The van der Waals surface area contributed by atoms with E-state index in [1.54, 1.807) is 0 Å². The molecule has 1 aliphatic carbocycles. The van der Waals surface area contributed by atoms with Gasteiger partial charge in [-0.25, -0.2) is 9.78 Å². The molecule has 1 aliphatic rings. The maximum atomic E-state index is 10.7. The lowest BCUT2D eigenvalue weighted by Crippen LogP contribution is -2.12. The second-order valence-electron chi connectivity index (χ2n) is 8.75. The summed E-state index contributed by atoms with van der Waals surface area (Å²) in [6.07, 6.45) is 6.33. The van der Waals surface area contributed by atoms with Gasteiger partial charge in [0.15, 0.2) is 12.4 Å². The third-order valence-electron chi connectivity index (χ3n) is 6.29. The highest BCUT2D eigenvalue weighted by molar-refractivity contribution is 5.79. The summed E-state index contributed by atoms with van der Waals surface area (Å²) in [7, 11) is 0. The molecule has 0 bridgehead atoms. The van der Waals surface area contributed by atoms with Crippen LogP contribution in [0.5, 0.6) is 5.75 Å². The third-order valence-corrected chi connectivity index (χ3v) is 6.29. The van der Waals surface area contributed by atoms with Gasteiger partial charge in [-0.3, -0.25) is 0 Å². The zero-order valence-electron chi connectivity index (χ0n) is 19.4. The van der Waals surface area contributed by atoms with E-state index >= 15 is 0 Å². The first kappa shape index (κ1) is 22.7. The van der Waals surface area contributed by atoms with Crippen LogP contribution in [-0.2, 0) is 11.2 Å². The van der Waals surface area contributed by atoms with Gasteiger partial charge in [-0.15, -0.1) is 0 Å². The maximum absolute atomic E-state index is 10.7. The number of hydrogen-bond donors (Lipinski definition) is 1. The molecular formula is C30H27NO4. The second kappa shape index (κ2) is 10.4. The highest BCUT2D eigenvalue weighted by Crippen LogP contribution is 2.40. The number of rotatable bonds is 8. The molecule has 35 heavy (non-hydrogen) atoms. The quantitative estimate of drug-likeness (QED) is 0.306. The Bertz CT molecular complexity index is 1250. The number of carboxylic acid groups (broad SMARTS) is 1. The summed E-state index contributed by atoms with van der Waals surface area (Å²) in [6, 6.07) is 28.0. The monoisotopic (exact) mass is 465 g/mol. The minimum absolute atomic E-state index is 0.292. The predicted octanol–water partition coefficient (Wildman–Crippen LogP) is 6.90. The first-order chi connectivity index (χ1) is 17.2. The van der Waals surface area contributed by atoms with Crippen LogP contribution in [0.3, 0.4) is 0 Å². The van der Waals surface area contributed by atoms with Gasteiger partial charge in [-0.05, 0) is 49.3 Å². The van der Waals surface area contributed by atoms with E-state index in [1.165, 1.54) is 5.56 Å². The first-order valence-corrected chi connectivity index (χ1v) is 11.9. The van der Waals surface area contributed by atoms with E-state index in [-0.39, 0.29) is 6.61 Å². The number of nitrogens with zero attached hydrogens (tertiary/aromatic N) is 1. The molecule has 1 N–H and O–H groups in total. The number of hydrogen-bond acceptors (Lipinski definition) is 4. The number of allylic oxidation sites excluding steroid dienone is 2. The zero-order chi connectivity index (χ0) is 24.0. The molecule has 0 spiro atoms. The smallest absolute Gasteiger partial charge is 0.341 e. The molecule has 3 aromatic carbocycles. The number of oxazole rings is 1. The molecule has 4 aromatic rings. The van der Waals surface area contributed by atoms with Crippen LogP contribution in [0, 0.1) is 5.92 Å². The van der Waals surface area contributed by atoms with E-state index in [0.717, 1.165) is 53.8 Å². The van der Waals surface area contributed by atoms with Gasteiger partial charge < -0.3 is 14.3 Å². The summed E-state index contributed by atoms with van der Waals surface area (Å²) in [4.78, 5) is 15.8. The van der Waals surface area contributed by atoms with Crippen molar-refractivity contribution in [3.63, 3.8) is 0 Å². The van der Waals surface area contributed by atoms with E-state index < -0.39 is 5.97 Å². The summed E-state index contributed by atoms with van der Waals surface area (Å²) in [5.41, 5.74) is 5.23. The highest BCUT2D eigenvalue weighted by atomic mass is 16.5. The fourth-order valence-electron chi connectivity index (χ4n) is 4.59. The molecule has 1 aromatic heterocycles. The van der Waals surface area contributed by atoms with E-state index in [4.69, 9.17) is 19.2 Å². The Morgan fingerprint density at radius 1 is 0.943 bits per heavy atom. The van der Waals surface area contributed by atoms with Gasteiger partial charge >= 0.3 is 5.97 Å². The van der Waals surface area contributed by atoms with E-state index in [1.807, 2.05) is 60.7 Å². The Hall–Kier alpha value is -4.12. The molecular weight excluding hydrogens is 438 g/mol. The van der Waals surface area contributed by atoms with Crippen molar-refractivity contribution >= 4 is 11.5 Å². The molecule has 0 fully saturated rings. The average molecular weight is 466 g/mol. The standard InChI is InChI=1S/C30H27NO4/c32-27(33)20-34-25-17-15-21(16-18-25)19-24-13-7-8-14-26(24)30-31-28(22-9-3-1-4-10-22)29(35-30)23-11-5-2-6-12-23/h1-6,9-12,14-18,24H,7-8,13,19-20H2,(H,32,33). The van der Waals surface area contributed by atoms with Crippen LogP contribution in [0.15, 0.2) is 95.4 Å². The van der Waals surface area contributed by atoms with Gasteiger partial charge in [0, 0.05) is 16.7 Å². The van der Waals surface area contributed by atoms with E-state index in [2.05, 4.69) is 30.3 Å². The fourth-order valence-corrected chi connectivity index (χ4v) is 4.59. The van der Waals surface area contributed by atoms with Crippen molar-refractivity contribution in [1.29, 1.82) is 0 Å². The van der Waals surface area contributed by atoms with Gasteiger partial charge in [0.05, 0.1) is 0 Å². The summed E-state index contributed by atoms with van der Waals surface area (Å²) < 4.78 is 11.7. The van der Waals surface area contributed by atoms with Crippen LogP contribution in [0.4, 0.5) is 0 Å². The Morgan fingerprint density at radius 3 is 2.31 bits per heavy atom. The lowest BCUT2D eigenvalue weighted by atomic mass is 9.83. The molecule has 0 saturated heterocycles. The lowest BCUT2D eigenvalue weighted by molar-refractivity contribution is -0.139. The molecule has 5 rings (SSSR count). The van der Waals surface area contributed by atoms with Crippen LogP contribution in [-0.4, -0.2) is 22.7 Å². The molecule has 5 nitrogen and oxygen atoms in total. The number of aromatic nitrogens is 1. The number of ether oxygens (including phenoxy) is 1. The van der Waals surface area contributed by atoms with Gasteiger partial charge in [0.1, 0.15) is 11.4 Å². The maximum Gasteiger partial charge on any atom is 0.341 e. The normalized spacial score (nSPS) is 15.4. The van der Waals surface area contributed by atoms with Crippen LogP contribution >= 0.6 is 0 Å². The molecule has 0 amide bonds. The number of benzene rings is 3. The largest absolute Gasteiger partial charge is 0.482 e. The number of aliphatic carboxylic acids is 1. The Morgan fingerprint density at radius 2 is 1.63 bits per heavy atom. The second-order valence-corrected chi connectivity index (χ2v) is 8.75. The van der Waals surface area contributed by atoms with Crippen molar-refractivity contribution in [2.24, 2.45) is 5.92 Å². The van der Waals surface area contributed by atoms with Gasteiger partial charge in [-0.2, -0.15) is 0 Å². The van der Waals surface area contributed by atoms with E-state index in [0.29, 0.717) is 17.6 Å². The number of carboxylic acids is 1. The summed E-state index contributed by atoms with van der Waals surface area (Å²) >= 11 is 0. The van der Waals surface area contributed by atoms with Crippen molar-refractivity contribution < 1.29 is 19.1 Å². The SMILES string of the molecule is O=C(O)COc1ccc(CC2CCCC=C2c2nc(-c3ccccc3)c(-c3ccccc3)o2)cc1. The molecule has 5 heteroatoms. The van der Waals surface area contributed by atoms with Crippen LogP contribution in [0.1, 0.15) is 30.7 Å². The molecule has 0 aliphatic heterocycles. The van der Waals surface area contributed by atoms with Crippen LogP contribution in [0.2, 0.25) is 0 Å². The molecule has 1 atom stereocenters. The third kappa shape index (κ3) is 5.35.